The molecule has 8 nitrogen and oxygen atoms in total. The lowest BCUT2D eigenvalue weighted by molar-refractivity contribution is 0.0707. The zero-order valence-corrected chi connectivity index (χ0v) is 15.0. The second-order valence-corrected chi connectivity index (χ2v) is 6.63. The van der Waals surface area contributed by atoms with E-state index in [1.807, 2.05) is 0 Å². The summed E-state index contributed by atoms with van der Waals surface area (Å²) in [5.41, 5.74) is 1.24. The maximum absolute atomic E-state index is 14.0. The summed E-state index contributed by atoms with van der Waals surface area (Å²) < 4.78 is 15.5. The molecular weight excluding hydrogens is 339 g/mol. The van der Waals surface area contributed by atoms with Crippen LogP contribution in [0.2, 0.25) is 0 Å². The van der Waals surface area contributed by atoms with Crippen LogP contribution >= 0.6 is 0 Å². The number of aryl methyl sites for hydroxylation is 1. The molecule has 9 heteroatoms. The first-order valence-electron chi connectivity index (χ1n) is 8.35. The molecule has 26 heavy (non-hydrogen) atoms. The molecule has 0 radical (unpaired) electrons. The first-order valence-corrected chi connectivity index (χ1v) is 8.35. The Labute approximate surface area is 150 Å². The van der Waals surface area contributed by atoms with Crippen LogP contribution in [0.15, 0.2) is 24.4 Å². The van der Waals surface area contributed by atoms with Gasteiger partial charge in [-0.2, -0.15) is 0 Å². The van der Waals surface area contributed by atoms with Gasteiger partial charge in [0.1, 0.15) is 11.9 Å². The summed E-state index contributed by atoms with van der Waals surface area (Å²) in [5, 5.41) is 7.78. The number of amides is 2. The summed E-state index contributed by atoms with van der Waals surface area (Å²) in [6.45, 7) is 2.10. The van der Waals surface area contributed by atoms with Crippen LogP contribution in [-0.4, -0.2) is 74.4 Å². The third-order valence-corrected chi connectivity index (χ3v) is 4.29. The summed E-state index contributed by atoms with van der Waals surface area (Å²) in [4.78, 5) is 31.8. The Hall–Kier alpha value is -2.84. The van der Waals surface area contributed by atoms with E-state index in [1.165, 1.54) is 20.7 Å². The van der Waals surface area contributed by atoms with Gasteiger partial charge < -0.3 is 9.80 Å². The summed E-state index contributed by atoms with van der Waals surface area (Å²) in [7, 11) is 3.25. The number of hydrogen-bond donors (Lipinski definition) is 0. The predicted octanol–water partition coefficient (Wildman–Crippen LogP) is 0.936. The molecule has 1 aliphatic rings. The number of halogens is 1. The van der Waals surface area contributed by atoms with Crippen LogP contribution < -0.4 is 0 Å². The van der Waals surface area contributed by atoms with Crippen LogP contribution in [0.1, 0.15) is 33.1 Å². The molecule has 2 atom stereocenters. The van der Waals surface area contributed by atoms with E-state index in [1.54, 1.807) is 39.2 Å². The van der Waals surface area contributed by atoms with E-state index in [0.717, 1.165) is 5.69 Å². The van der Waals surface area contributed by atoms with Crippen LogP contribution in [0.5, 0.6) is 0 Å². The molecule has 0 spiro atoms. The Morgan fingerprint density at radius 2 is 2.08 bits per heavy atom. The number of aromatic nitrogens is 4. The monoisotopic (exact) mass is 360 g/mol. The molecule has 2 aromatic heterocycles. The molecule has 3 rings (SSSR count). The minimum absolute atomic E-state index is 0.0251. The quantitative estimate of drug-likeness (QED) is 0.810. The molecule has 2 aromatic rings. The van der Waals surface area contributed by atoms with Crippen LogP contribution in [0.3, 0.4) is 0 Å². The van der Waals surface area contributed by atoms with Crippen molar-refractivity contribution >= 4 is 11.8 Å². The van der Waals surface area contributed by atoms with E-state index in [9.17, 15) is 14.0 Å². The number of nitrogens with zero attached hydrogens (tertiary/aromatic N) is 6. The second-order valence-electron chi connectivity index (χ2n) is 6.63. The molecule has 1 aliphatic heterocycles. The maximum Gasteiger partial charge on any atom is 0.275 e. The van der Waals surface area contributed by atoms with Crippen molar-refractivity contribution in [1.29, 1.82) is 0 Å². The van der Waals surface area contributed by atoms with Gasteiger partial charge in [-0.15, -0.1) is 5.10 Å². The molecule has 0 saturated carbocycles. The first kappa shape index (κ1) is 18.0. The third kappa shape index (κ3) is 3.71. The van der Waals surface area contributed by atoms with Crippen LogP contribution in [0.4, 0.5) is 4.39 Å². The largest absolute Gasteiger partial charge is 0.343 e. The smallest absolute Gasteiger partial charge is 0.275 e. The number of carbonyl (C=O) groups excluding carboxylic acids is 2. The van der Waals surface area contributed by atoms with Gasteiger partial charge in [0.05, 0.1) is 25.3 Å². The highest BCUT2D eigenvalue weighted by Gasteiger charge is 2.36. The Balaban J connectivity index is 1.76. The van der Waals surface area contributed by atoms with Crippen LogP contribution in [0.25, 0.3) is 0 Å². The van der Waals surface area contributed by atoms with Crippen molar-refractivity contribution < 1.29 is 14.0 Å². The van der Waals surface area contributed by atoms with Crippen molar-refractivity contribution in [2.75, 3.05) is 20.6 Å². The maximum atomic E-state index is 14.0. The van der Waals surface area contributed by atoms with Gasteiger partial charge >= 0.3 is 0 Å². The molecule has 0 bridgehead atoms. The Morgan fingerprint density at radius 3 is 2.77 bits per heavy atom. The van der Waals surface area contributed by atoms with Crippen molar-refractivity contribution in [1.82, 2.24) is 29.8 Å². The second kappa shape index (κ2) is 7.19. The van der Waals surface area contributed by atoms with Crippen molar-refractivity contribution in [3.63, 3.8) is 0 Å². The number of alkyl halides is 1. The summed E-state index contributed by atoms with van der Waals surface area (Å²) in [5.74, 6) is -0.563. The van der Waals surface area contributed by atoms with E-state index in [0.29, 0.717) is 5.69 Å². The van der Waals surface area contributed by atoms with Crippen molar-refractivity contribution in [2.24, 2.45) is 0 Å². The molecule has 1 saturated heterocycles. The zero-order valence-electron chi connectivity index (χ0n) is 15.0. The van der Waals surface area contributed by atoms with E-state index >= 15 is 0 Å². The molecule has 0 aliphatic carbocycles. The van der Waals surface area contributed by atoms with Gasteiger partial charge in [-0.25, -0.2) is 14.1 Å². The van der Waals surface area contributed by atoms with E-state index < -0.39 is 6.17 Å². The standard InChI is InChI=1S/C17H21FN6O2/c1-11-5-4-6-14(19-11)17(26)24-8-12(18)7-13(24)9-23-10-15(20-21-23)16(25)22(2)3/h4-6,10,12-13H,7-9H2,1-3H3. The summed E-state index contributed by atoms with van der Waals surface area (Å²) in [6.07, 6.45) is 0.635. The fraction of sp³-hybridized carbons (Fsp3) is 0.471. The highest BCUT2D eigenvalue weighted by molar-refractivity contribution is 5.93. The van der Waals surface area contributed by atoms with Crippen molar-refractivity contribution in [3.8, 4) is 0 Å². The predicted molar refractivity (Wildman–Crippen MR) is 91.4 cm³/mol. The average molecular weight is 360 g/mol. The number of rotatable bonds is 4. The number of pyridine rings is 1. The molecule has 0 aromatic carbocycles. The molecular formula is C17H21FN6O2. The minimum atomic E-state index is -1.10. The lowest BCUT2D eigenvalue weighted by Crippen LogP contribution is -2.38. The zero-order chi connectivity index (χ0) is 18.8. The van der Waals surface area contributed by atoms with Gasteiger partial charge in [0.25, 0.3) is 11.8 Å². The number of carbonyl (C=O) groups is 2. The molecule has 1 fully saturated rings. The van der Waals surface area contributed by atoms with Gasteiger partial charge in [0.15, 0.2) is 5.69 Å². The van der Waals surface area contributed by atoms with E-state index in [-0.39, 0.29) is 43.1 Å². The fourth-order valence-corrected chi connectivity index (χ4v) is 3.02. The van der Waals surface area contributed by atoms with Gasteiger partial charge in [0.2, 0.25) is 0 Å². The Morgan fingerprint density at radius 1 is 1.31 bits per heavy atom. The lowest BCUT2D eigenvalue weighted by atomic mass is 10.2. The Kier molecular flexibility index (Phi) is 4.97. The van der Waals surface area contributed by atoms with Crippen LogP contribution in [-0.2, 0) is 6.54 Å². The summed E-state index contributed by atoms with van der Waals surface area (Å²) >= 11 is 0. The minimum Gasteiger partial charge on any atom is -0.343 e. The number of likely N-dealkylation sites (tertiary alicyclic amines) is 1. The Bertz CT molecular complexity index is 821. The third-order valence-electron chi connectivity index (χ3n) is 4.29. The molecule has 2 amide bonds. The number of hydrogen-bond acceptors (Lipinski definition) is 5. The van der Waals surface area contributed by atoms with Gasteiger partial charge in [-0.05, 0) is 19.1 Å². The molecule has 2 unspecified atom stereocenters. The molecule has 0 N–H and O–H groups in total. The van der Waals surface area contributed by atoms with Crippen LogP contribution in [0, 0.1) is 6.92 Å². The normalized spacial score (nSPS) is 19.6. The topological polar surface area (TPSA) is 84.2 Å². The van der Waals surface area contributed by atoms with E-state index in [2.05, 4.69) is 15.3 Å². The van der Waals surface area contributed by atoms with Gasteiger partial charge in [-0.1, -0.05) is 11.3 Å². The van der Waals surface area contributed by atoms with Crippen molar-refractivity contribution in [2.45, 2.75) is 32.1 Å². The highest BCUT2D eigenvalue weighted by Crippen LogP contribution is 2.23. The lowest BCUT2D eigenvalue weighted by Gasteiger charge is -2.23. The van der Waals surface area contributed by atoms with Crippen molar-refractivity contribution in [3.05, 3.63) is 41.5 Å². The van der Waals surface area contributed by atoms with Gasteiger partial charge in [-0.3, -0.25) is 9.59 Å². The summed E-state index contributed by atoms with van der Waals surface area (Å²) in [6, 6.07) is 4.81. The molecule has 138 valence electrons. The average Bonchev–Trinajstić information content (AvgIpc) is 3.20. The van der Waals surface area contributed by atoms with Gasteiger partial charge in [0, 0.05) is 26.2 Å². The highest BCUT2D eigenvalue weighted by atomic mass is 19.1. The van der Waals surface area contributed by atoms with E-state index in [4.69, 9.17) is 0 Å². The molecule has 3 heterocycles. The first-order chi connectivity index (χ1) is 12.3. The SMILES string of the molecule is Cc1cccc(C(=O)N2CC(F)CC2Cn2cc(C(=O)N(C)C)nn2)n1. The fourth-order valence-electron chi connectivity index (χ4n) is 3.02.